The highest BCUT2D eigenvalue weighted by atomic mass is 16.4. The van der Waals surface area contributed by atoms with Crippen LogP contribution in [-0.2, 0) is 0 Å². The fourth-order valence-electron chi connectivity index (χ4n) is 2.25. The average molecular weight is 250 g/mol. The fourth-order valence-corrected chi connectivity index (χ4v) is 2.25. The Balaban J connectivity index is 2.16. The molecular formula is C12H18N4O2. The van der Waals surface area contributed by atoms with Crippen molar-refractivity contribution < 1.29 is 9.90 Å². The van der Waals surface area contributed by atoms with Gasteiger partial charge < -0.3 is 14.9 Å². The van der Waals surface area contributed by atoms with Gasteiger partial charge in [-0.25, -0.2) is 14.8 Å². The molecule has 0 saturated carbocycles. The minimum atomic E-state index is -0.995. The van der Waals surface area contributed by atoms with Crippen molar-refractivity contribution in [2.75, 3.05) is 31.6 Å². The molecule has 2 heterocycles. The second kappa shape index (κ2) is 5.30. The minimum Gasteiger partial charge on any atom is -0.478 e. The van der Waals surface area contributed by atoms with E-state index in [4.69, 9.17) is 5.11 Å². The maximum absolute atomic E-state index is 10.8. The summed E-state index contributed by atoms with van der Waals surface area (Å²) < 4.78 is 0. The lowest BCUT2D eigenvalue weighted by Gasteiger charge is -2.27. The van der Waals surface area contributed by atoms with E-state index in [-0.39, 0.29) is 5.56 Å². The van der Waals surface area contributed by atoms with Crippen LogP contribution in [0.1, 0.15) is 23.7 Å². The van der Waals surface area contributed by atoms with Crippen molar-refractivity contribution in [3.8, 4) is 0 Å². The maximum Gasteiger partial charge on any atom is 0.338 e. The van der Waals surface area contributed by atoms with E-state index in [2.05, 4.69) is 33.7 Å². The maximum atomic E-state index is 10.8. The number of hydrogen-bond donors (Lipinski definition) is 1. The molecule has 0 aromatic carbocycles. The van der Waals surface area contributed by atoms with Gasteiger partial charge in [0.15, 0.2) is 0 Å². The molecule has 1 saturated heterocycles. The average Bonchev–Trinajstić information content (AvgIpc) is 2.50. The predicted octanol–water partition coefficient (Wildman–Crippen LogP) is 0.705. The third-order valence-electron chi connectivity index (χ3n) is 3.19. The first kappa shape index (κ1) is 12.8. The molecule has 2 rings (SSSR count). The molecule has 0 aliphatic carbocycles. The van der Waals surface area contributed by atoms with Crippen LogP contribution in [-0.4, -0.2) is 58.7 Å². The van der Waals surface area contributed by atoms with Gasteiger partial charge in [-0.3, -0.25) is 0 Å². The molecule has 1 aliphatic rings. The van der Waals surface area contributed by atoms with Crippen molar-refractivity contribution >= 4 is 11.9 Å². The first-order chi connectivity index (χ1) is 8.58. The lowest BCUT2D eigenvalue weighted by molar-refractivity contribution is 0.0696. The summed E-state index contributed by atoms with van der Waals surface area (Å²) in [5.74, 6) is -0.381. The largest absolute Gasteiger partial charge is 0.478 e. The molecule has 1 aromatic rings. The molecule has 18 heavy (non-hydrogen) atoms. The highest BCUT2D eigenvalue weighted by molar-refractivity contribution is 5.86. The number of aromatic nitrogens is 2. The number of likely N-dealkylation sites (N-methyl/N-ethyl adjacent to an activating group) is 1. The molecule has 1 atom stereocenters. The van der Waals surface area contributed by atoms with E-state index in [0.717, 1.165) is 26.1 Å². The Hall–Kier alpha value is -1.69. The first-order valence-electron chi connectivity index (χ1n) is 6.08. The molecule has 1 aliphatic heterocycles. The Morgan fingerprint density at radius 2 is 2.06 bits per heavy atom. The number of carbonyl (C=O) groups is 1. The second-order valence-electron chi connectivity index (χ2n) is 4.74. The van der Waals surface area contributed by atoms with E-state index in [1.807, 2.05) is 0 Å². The number of carboxylic acid groups (broad SMARTS) is 1. The summed E-state index contributed by atoms with van der Waals surface area (Å²) in [4.78, 5) is 23.5. The van der Waals surface area contributed by atoms with Gasteiger partial charge in [0.05, 0.1) is 5.56 Å². The SMILES string of the molecule is CC1CN(C)CCCN1c1ncc(C(=O)O)cn1. The smallest absolute Gasteiger partial charge is 0.338 e. The lowest BCUT2D eigenvalue weighted by atomic mass is 10.3. The van der Waals surface area contributed by atoms with Crippen LogP contribution in [0.15, 0.2) is 12.4 Å². The third-order valence-corrected chi connectivity index (χ3v) is 3.19. The number of carboxylic acids is 1. The number of rotatable bonds is 2. The molecule has 1 N–H and O–H groups in total. The number of hydrogen-bond acceptors (Lipinski definition) is 5. The van der Waals surface area contributed by atoms with E-state index in [0.29, 0.717) is 12.0 Å². The Morgan fingerprint density at radius 3 is 2.67 bits per heavy atom. The number of nitrogens with zero attached hydrogens (tertiary/aromatic N) is 4. The Labute approximate surface area is 106 Å². The van der Waals surface area contributed by atoms with E-state index in [1.54, 1.807) is 0 Å². The fraction of sp³-hybridized carbons (Fsp3) is 0.583. The summed E-state index contributed by atoms with van der Waals surface area (Å²) in [7, 11) is 2.11. The molecule has 98 valence electrons. The van der Waals surface area contributed by atoms with Crippen LogP contribution in [0.25, 0.3) is 0 Å². The molecule has 0 bridgehead atoms. The van der Waals surface area contributed by atoms with E-state index in [1.165, 1.54) is 12.4 Å². The van der Waals surface area contributed by atoms with Crippen LogP contribution in [0, 0.1) is 0 Å². The zero-order chi connectivity index (χ0) is 13.1. The van der Waals surface area contributed by atoms with Gasteiger partial charge in [0.1, 0.15) is 0 Å². The van der Waals surface area contributed by atoms with Crippen molar-refractivity contribution in [2.45, 2.75) is 19.4 Å². The molecule has 6 nitrogen and oxygen atoms in total. The van der Waals surface area contributed by atoms with Gasteiger partial charge in [0.25, 0.3) is 0 Å². The predicted molar refractivity (Wildman–Crippen MR) is 67.9 cm³/mol. The lowest BCUT2D eigenvalue weighted by Crippen LogP contribution is -2.39. The number of aromatic carboxylic acids is 1. The Bertz CT molecular complexity index is 421. The molecule has 0 amide bonds. The van der Waals surface area contributed by atoms with Crippen LogP contribution in [0.5, 0.6) is 0 Å². The summed E-state index contributed by atoms with van der Waals surface area (Å²) >= 11 is 0. The van der Waals surface area contributed by atoms with Gasteiger partial charge in [-0.2, -0.15) is 0 Å². The molecular weight excluding hydrogens is 232 g/mol. The highest BCUT2D eigenvalue weighted by Crippen LogP contribution is 2.15. The highest BCUT2D eigenvalue weighted by Gasteiger charge is 2.21. The van der Waals surface area contributed by atoms with Crippen LogP contribution in [0.2, 0.25) is 0 Å². The number of anilines is 1. The van der Waals surface area contributed by atoms with Gasteiger partial charge in [0.2, 0.25) is 5.95 Å². The Kier molecular flexibility index (Phi) is 3.76. The first-order valence-corrected chi connectivity index (χ1v) is 6.08. The van der Waals surface area contributed by atoms with Gasteiger partial charge in [0, 0.05) is 31.5 Å². The summed E-state index contributed by atoms with van der Waals surface area (Å²) in [6, 6.07) is 0.327. The van der Waals surface area contributed by atoms with E-state index >= 15 is 0 Å². The molecule has 1 unspecified atom stereocenters. The quantitative estimate of drug-likeness (QED) is 0.833. The van der Waals surface area contributed by atoms with Crippen LogP contribution >= 0.6 is 0 Å². The third kappa shape index (κ3) is 2.76. The normalized spacial score (nSPS) is 21.7. The summed E-state index contributed by atoms with van der Waals surface area (Å²) in [6.45, 7) is 5.06. The van der Waals surface area contributed by atoms with Crippen molar-refractivity contribution in [2.24, 2.45) is 0 Å². The minimum absolute atomic E-state index is 0.123. The monoisotopic (exact) mass is 250 g/mol. The van der Waals surface area contributed by atoms with Crippen LogP contribution < -0.4 is 4.90 Å². The van der Waals surface area contributed by atoms with Crippen LogP contribution in [0.4, 0.5) is 5.95 Å². The van der Waals surface area contributed by atoms with Gasteiger partial charge in [-0.05, 0) is 26.9 Å². The zero-order valence-electron chi connectivity index (χ0n) is 10.7. The molecule has 0 radical (unpaired) electrons. The van der Waals surface area contributed by atoms with Gasteiger partial charge >= 0.3 is 5.97 Å². The van der Waals surface area contributed by atoms with Crippen molar-refractivity contribution in [1.82, 2.24) is 14.9 Å². The van der Waals surface area contributed by atoms with Crippen LogP contribution in [0.3, 0.4) is 0 Å². The Morgan fingerprint density at radius 1 is 1.39 bits per heavy atom. The van der Waals surface area contributed by atoms with Gasteiger partial charge in [-0.1, -0.05) is 0 Å². The summed E-state index contributed by atoms with van der Waals surface area (Å²) in [5.41, 5.74) is 0.123. The summed E-state index contributed by atoms with van der Waals surface area (Å²) in [6.07, 6.45) is 3.79. The summed E-state index contributed by atoms with van der Waals surface area (Å²) in [5, 5.41) is 8.82. The van der Waals surface area contributed by atoms with E-state index in [9.17, 15) is 4.79 Å². The molecule has 1 aromatic heterocycles. The van der Waals surface area contributed by atoms with Crippen molar-refractivity contribution in [3.05, 3.63) is 18.0 Å². The standard InChI is InChI=1S/C12H18N4O2/c1-9-8-15(2)4-3-5-16(9)12-13-6-10(7-14-12)11(17)18/h6-7,9H,3-5,8H2,1-2H3,(H,17,18). The van der Waals surface area contributed by atoms with Crippen molar-refractivity contribution in [3.63, 3.8) is 0 Å². The van der Waals surface area contributed by atoms with Crippen molar-refractivity contribution in [1.29, 1.82) is 0 Å². The molecule has 1 fully saturated rings. The second-order valence-corrected chi connectivity index (χ2v) is 4.74. The van der Waals surface area contributed by atoms with E-state index < -0.39 is 5.97 Å². The topological polar surface area (TPSA) is 69.6 Å². The molecule has 0 spiro atoms. The zero-order valence-corrected chi connectivity index (χ0v) is 10.7. The van der Waals surface area contributed by atoms with Gasteiger partial charge in [-0.15, -0.1) is 0 Å². The molecule has 6 heteroatoms.